The van der Waals surface area contributed by atoms with Gasteiger partial charge in [-0.25, -0.2) is 0 Å². The average molecular weight is 350 g/mol. The topological polar surface area (TPSA) is 28.0 Å². The molecule has 0 aliphatic carbocycles. The van der Waals surface area contributed by atoms with E-state index in [0.29, 0.717) is 0 Å². The first-order chi connectivity index (χ1) is 12.5. The number of allylic oxidation sites excluding steroid dienone is 2. The van der Waals surface area contributed by atoms with Crippen LogP contribution in [0, 0.1) is 20.8 Å². The Morgan fingerprint density at radius 3 is 2.15 bits per heavy atom. The summed E-state index contributed by atoms with van der Waals surface area (Å²) in [6, 6.07) is 4.65. The Labute approximate surface area is 158 Å². The third kappa shape index (κ3) is 3.27. The molecule has 3 rings (SSSR count). The highest BCUT2D eigenvalue weighted by atomic mass is 15.2. The highest BCUT2D eigenvalue weighted by Crippen LogP contribution is 2.31. The predicted octanol–water partition coefficient (Wildman–Crippen LogP) is 5.15. The molecule has 1 atom stereocenters. The van der Waals surface area contributed by atoms with Crippen LogP contribution >= 0.6 is 0 Å². The number of dihydropyridines is 1. The minimum absolute atomic E-state index is 0.153. The van der Waals surface area contributed by atoms with Crippen LogP contribution in [-0.2, 0) is 0 Å². The van der Waals surface area contributed by atoms with Crippen LogP contribution in [0.15, 0.2) is 45.7 Å². The number of fused-ring (bicyclic) bond motifs is 1. The van der Waals surface area contributed by atoms with Gasteiger partial charge >= 0.3 is 0 Å². The van der Waals surface area contributed by atoms with Crippen molar-refractivity contribution in [2.75, 3.05) is 13.1 Å². The molecular formula is C23H31N3. The molecule has 0 fully saturated rings. The zero-order valence-corrected chi connectivity index (χ0v) is 17.1. The van der Waals surface area contributed by atoms with Crippen LogP contribution in [0.5, 0.6) is 0 Å². The smallest absolute Gasteiger partial charge is 0.0979 e. The van der Waals surface area contributed by atoms with E-state index >= 15 is 0 Å². The SMILES string of the molecule is CCCN(CCC)C1=C2C=CN=C2C(c2c(C)cc(C)cc2C)=NC1C. The standard InChI is InChI=1S/C23H31N3/c1-7-11-26(12-8-2)23-18(6)25-22(21-19(23)9-10-24-21)20-16(4)13-15(3)14-17(20)5/h9-10,13-14,18H,7-8,11-12H2,1-6H3. The third-order valence-corrected chi connectivity index (χ3v) is 5.16. The Balaban J connectivity index is 2.09. The van der Waals surface area contributed by atoms with Crippen LogP contribution in [0.1, 0.15) is 55.9 Å². The van der Waals surface area contributed by atoms with E-state index in [1.165, 1.54) is 33.5 Å². The van der Waals surface area contributed by atoms with Crippen molar-refractivity contribution in [3.05, 3.63) is 57.9 Å². The van der Waals surface area contributed by atoms with E-state index in [9.17, 15) is 0 Å². The molecule has 3 heteroatoms. The first-order valence-corrected chi connectivity index (χ1v) is 9.88. The summed E-state index contributed by atoms with van der Waals surface area (Å²) in [4.78, 5) is 12.4. The number of hydrogen-bond donors (Lipinski definition) is 0. The molecule has 1 aromatic carbocycles. The molecule has 0 spiro atoms. The molecular weight excluding hydrogens is 318 g/mol. The predicted molar refractivity (Wildman–Crippen MR) is 112 cm³/mol. The normalized spacial score (nSPS) is 18.8. The van der Waals surface area contributed by atoms with Gasteiger partial charge in [-0.3, -0.25) is 9.98 Å². The van der Waals surface area contributed by atoms with Crippen molar-refractivity contribution in [1.29, 1.82) is 0 Å². The molecule has 0 amide bonds. The summed E-state index contributed by atoms with van der Waals surface area (Å²) in [5.41, 5.74) is 9.83. The van der Waals surface area contributed by atoms with Crippen molar-refractivity contribution in [3.63, 3.8) is 0 Å². The first kappa shape index (κ1) is 18.6. The summed E-state index contributed by atoms with van der Waals surface area (Å²) in [6.45, 7) is 15.4. The zero-order valence-electron chi connectivity index (χ0n) is 17.1. The second-order valence-corrected chi connectivity index (χ2v) is 7.51. The summed E-state index contributed by atoms with van der Waals surface area (Å²) < 4.78 is 0. The largest absolute Gasteiger partial charge is 0.373 e. The highest BCUT2D eigenvalue weighted by molar-refractivity contribution is 6.55. The maximum Gasteiger partial charge on any atom is 0.0979 e. The first-order valence-electron chi connectivity index (χ1n) is 9.88. The molecule has 0 aromatic heterocycles. The van der Waals surface area contributed by atoms with Gasteiger partial charge in [-0.1, -0.05) is 31.5 Å². The second kappa shape index (κ2) is 7.61. The lowest BCUT2D eigenvalue weighted by Crippen LogP contribution is -2.37. The van der Waals surface area contributed by atoms with Gasteiger partial charge in [0.15, 0.2) is 0 Å². The van der Waals surface area contributed by atoms with Crippen molar-refractivity contribution in [1.82, 2.24) is 4.90 Å². The number of aliphatic imine (C=N–C) groups is 2. The molecule has 1 unspecified atom stereocenters. The second-order valence-electron chi connectivity index (χ2n) is 7.51. The van der Waals surface area contributed by atoms with Gasteiger partial charge in [-0.05, 0) is 57.7 Å². The minimum atomic E-state index is 0.153. The molecule has 0 saturated heterocycles. The number of rotatable bonds is 6. The quantitative estimate of drug-likeness (QED) is 0.698. The Morgan fingerprint density at radius 2 is 1.58 bits per heavy atom. The molecule has 0 bridgehead atoms. The summed E-state index contributed by atoms with van der Waals surface area (Å²) >= 11 is 0. The molecule has 0 saturated carbocycles. The van der Waals surface area contributed by atoms with Gasteiger partial charge in [-0.2, -0.15) is 0 Å². The maximum atomic E-state index is 5.16. The van der Waals surface area contributed by atoms with Crippen molar-refractivity contribution >= 4 is 11.4 Å². The molecule has 26 heavy (non-hydrogen) atoms. The Kier molecular flexibility index (Phi) is 5.45. The van der Waals surface area contributed by atoms with Crippen LogP contribution in [-0.4, -0.2) is 35.5 Å². The van der Waals surface area contributed by atoms with Gasteiger partial charge in [0.25, 0.3) is 0 Å². The molecule has 3 nitrogen and oxygen atoms in total. The fourth-order valence-electron chi connectivity index (χ4n) is 4.33. The highest BCUT2D eigenvalue weighted by Gasteiger charge is 2.32. The molecule has 2 aliphatic heterocycles. The lowest BCUT2D eigenvalue weighted by molar-refractivity contribution is 0.324. The van der Waals surface area contributed by atoms with Crippen LogP contribution in [0.25, 0.3) is 0 Å². The van der Waals surface area contributed by atoms with E-state index in [-0.39, 0.29) is 6.04 Å². The van der Waals surface area contributed by atoms with E-state index in [2.05, 4.69) is 64.7 Å². The van der Waals surface area contributed by atoms with Gasteiger partial charge in [-0.15, -0.1) is 0 Å². The molecule has 0 N–H and O–H groups in total. The molecule has 2 aliphatic rings. The van der Waals surface area contributed by atoms with Gasteiger partial charge in [0, 0.05) is 36.1 Å². The van der Waals surface area contributed by atoms with Crippen molar-refractivity contribution < 1.29 is 0 Å². The summed E-state index contributed by atoms with van der Waals surface area (Å²) in [5.74, 6) is 0. The van der Waals surface area contributed by atoms with E-state index in [0.717, 1.165) is 37.4 Å². The fraction of sp³-hybridized carbons (Fsp3) is 0.478. The van der Waals surface area contributed by atoms with E-state index in [4.69, 9.17) is 9.98 Å². The van der Waals surface area contributed by atoms with Gasteiger partial charge < -0.3 is 4.90 Å². The van der Waals surface area contributed by atoms with Crippen LogP contribution < -0.4 is 0 Å². The summed E-state index contributed by atoms with van der Waals surface area (Å²) in [7, 11) is 0. The number of benzene rings is 1. The van der Waals surface area contributed by atoms with Gasteiger partial charge in [0.2, 0.25) is 0 Å². The monoisotopic (exact) mass is 349 g/mol. The fourth-order valence-corrected chi connectivity index (χ4v) is 4.33. The Hall–Kier alpha value is -2.16. The van der Waals surface area contributed by atoms with Gasteiger partial charge in [0.05, 0.1) is 17.5 Å². The number of nitrogens with zero attached hydrogens (tertiary/aromatic N) is 3. The van der Waals surface area contributed by atoms with E-state index in [1.54, 1.807) is 0 Å². The third-order valence-electron chi connectivity index (χ3n) is 5.16. The Morgan fingerprint density at radius 1 is 0.962 bits per heavy atom. The van der Waals surface area contributed by atoms with Crippen molar-refractivity contribution in [2.45, 2.75) is 60.4 Å². The minimum Gasteiger partial charge on any atom is -0.373 e. The average Bonchev–Trinajstić information content (AvgIpc) is 3.03. The lowest BCUT2D eigenvalue weighted by Gasteiger charge is -2.34. The van der Waals surface area contributed by atoms with Gasteiger partial charge in [0.1, 0.15) is 0 Å². The van der Waals surface area contributed by atoms with E-state index < -0.39 is 0 Å². The molecule has 138 valence electrons. The molecule has 0 radical (unpaired) electrons. The van der Waals surface area contributed by atoms with Crippen LogP contribution in [0.2, 0.25) is 0 Å². The van der Waals surface area contributed by atoms with E-state index in [1.807, 2.05) is 6.20 Å². The summed E-state index contributed by atoms with van der Waals surface area (Å²) in [5, 5.41) is 0. The Bertz CT molecular complexity index is 795. The van der Waals surface area contributed by atoms with Crippen LogP contribution in [0.4, 0.5) is 0 Å². The number of hydrogen-bond acceptors (Lipinski definition) is 3. The van der Waals surface area contributed by atoms with Crippen LogP contribution in [0.3, 0.4) is 0 Å². The zero-order chi connectivity index (χ0) is 18.8. The molecule has 1 aromatic rings. The maximum absolute atomic E-state index is 5.16. The summed E-state index contributed by atoms with van der Waals surface area (Å²) in [6.07, 6.45) is 6.40. The lowest BCUT2D eigenvalue weighted by atomic mass is 9.88. The number of aryl methyl sites for hydroxylation is 3. The van der Waals surface area contributed by atoms with Crippen molar-refractivity contribution in [3.8, 4) is 0 Å². The molecule has 2 heterocycles. The van der Waals surface area contributed by atoms with Crippen molar-refractivity contribution in [2.24, 2.45) is 9.98 Å².